The topological polar surface area (TPSA) is 84.2 Å². The van der Waals surface area contributed by atoms with Crippen molar-refractivity contribution in [1.29, 1.82) is 0 Å². The molecule has 24 heavy (non-hydrogen) atoms. The van der Waals surface area contributed by atoms with E-state index in [1.54, 1.807) is 0 Å². The van der Waals surface area contributed by atoms with Crippen LogP contribution in [0.25, 0.3) is 0 Å². The van der Waals surface area contributed by atoms with Gasteiger partial charge in [-0.3, -0.25) is 9.59 Å². The molecule has 140 valence electrons. The largest absolute Gasteiger partial charge is 0.354 e. The lowest BCUT2D eigenvalue weighted by Crippen LogP contribution is -2.61. The first-order valence-electron chi connectivity index (χ1n) is 9.43. The third kappa shape index (κ3) is 5.62. The van der Waals surface area contributed by atoms with Crippen molar-refractivity contribution < 1.29 is 9.59 Å². The maximum atomic E-state index is 12.7. The number of halogens is 1. The lowest BCUT2D eigenvalue weighted by Gasteiger charge is -2.38. The Morgan fingerprint density at radius 2 is 1.83 bits per heavy atom. The molecule has 0 aromatic rings. The fourth-order valence-corrected chi connectivity index (χ4v) is 3.92. The van der Waals surface area contributed by atoms with E-state index in [2.05, 4.69) is 17.6 Å². The molecule has 2 saturated carbocycles. The summed E-state index contributed by atoms with van der Waals surface area (Å²) in [6.45, 7) is 2.80. The highest BCUT2D eigenvalue weighted by molar-refractivity contribution is 5.92. The molecule has 2 atom stereocenters. The maximum absolute atomic E-state index is 12.7. The summed E-state index contributed by atoms with van der Waals surface area (Å²) in [5.41, 5.74) is 5.32. The van der Waals surface area contributed by atoms with Gasteiger partial charge in [0, 0.05) is 18.5 Å². The van der Waals surface area contributed by atoms with E-state index in [-0.39, 0.29) is 36.2 Å². The van der Waals surface area contributed by atoms with Crippen LogP contribution in [0.5, 0.6) is 0 Å². The van der Waals surface area contributed by atoms with Gasteiger partial charge in [-0.25, -0.2) is 0 Å². The molecule has 4 N–H and O–H groups in total. The second-order valence-corrected chi connectivity index (χ2v) is 7.37. The zero-order valence-electron chi connectivity index (χ0n) is 14.9. The first-order valence-corrected chi connectivity index (χ1v) is 9.43. The lowest BCUT2D eigenvalue weighted by molar-refractivity contribution is -0.137. The molecule has 0 saturated heterocycles. The van der Waals surface area contributed by atoms with Crippen molar-refractivity contribution in [3.05, 3.63) is 0 Å². The zero-order valence-corrected chi connectivity index (χ0v) is 15.8. The number of nitrogens with one attached hydrogen (secondary N) is 2. The molecule has 2 fully saturated rings. The first-order chi connectivity index (χ1) is 11.1. The summed E-state index contributed by atoms with van der Waals surface area (Å²) in [7, 11) is 0. The average molecular weight is 360 g/mol. The van der Waals surface area contributed by atoms with Gasteiger partial charge in [-0.05, 0) is 38.5 Å². The van der Waals surface area contributed by atoms with Crippen LogP contribution < -0.4 is 16.4 Å². The van der Waals surface area contributed by atoms with Gasteiger partial charge in [-0.2, -0.15) is 0 Å². The molecule has 0 radical (unpaired) electrons. The minimum atomic E-state index is -0.690. The molecule has 0 aromatic carbocycles. The van der Waals surface area contributed by atoms with Crippen LogP contribution in [0.3, 0.4) is 0 Å². The molecule has 2 rings (SSSR count). The smallest absolute Gasteiger partial charge is 0.245 e. The van der Waals surface area contributed by atoms with Gasteiger partial charge in [-0.1, -0.05) is 39.0 Å². The quantitative estimate of drug-likeness (QED) is 0.637. The third-order valence-electron chi connectivity index (χ3n) is 5.41. The van der Waals surface area contributed by atoms with Gasteiger partial charge in [0.25, 0.3) is 0 Å². The Balaban J connectivity index is 0.00000288. The number of nitrogens with two attached hydrogens (primary N) is 1. The highest BCUT2D eigenvalue weighted by atomic mass is 35.5. The molecule has 0 heterocycles. The normalized spacial score (nSPS) is 26.1. The number of hydrogen-bond donors (Lipinski definition) is 3. The molecule has 6 heteroatoms. The summed E-state index contributed by atoms with van der Waals surface area (Å²) in [5, 5.41) is 6.18. The van der Waals surface area contributed by atoms with E-state index in [1.165, 1.54) is 0 Å². The second-order valence-electron chi connectivity index (χ2n) is 7.37. The van der Waals surface area contributed by atoms with Crippen LogP contribution in [0.15, 0.2) is 0 Å². The molecule has 0 aromatic heterocycles. The van der Waals surface area contributed by atoms with Crippen LogP contribution in [-0.4, -0.2) is 29.9 Å². The lowest BCUT2D eigenvalue weighted by atomic mass is 9.79. The fourth-order valence-electron chi connectivity index (χ4n) is 3.92. The van der Waals surface area contributed by atoms with Gasteiger partial charge in [-0.15, -0.1) is 12.4 Å². The highest BCUT2D eigenvalue weighted by Gasteiger charge is 2.42. The molecule has 2 aliphatic carbocycles. The molecule has 0 bridgehead atoms. The van der Waals surface area contributed by atoms with Crippen LogP contribution in [0, 0.1) is 5.92 Å². The Kier molecular flexibility index (Phi) is 9.06. The van der Waals surface area contributed by atoms with Crippen molar-refractivity contribution in [1.82, 2.24) is 10.6 Å². The van der Waals surface area contributed by atoms with Gasteiger partial charge in [0.2, 0.25) is 11.8 Å². The molecule has 2 amide bonds. The number of amides is 2. The van der Waals surface area contributed by atoms with Gasteiger partial charge >= 0.3 is 0 Å². The van der Waals surface area contributed by atoms with E-state index in [9.17, 15) is 9.59 Å². The number of carbonyl (C=O) groups is 2. The van der Waals surface area contributed by atoms with E-state index in [0.717, 1.165) is 70.6 Å². The monoisotopic (exact) mass is 359 g/mol. The molecule has 2 unspecified atom stereocenters. The Bertz CT molecular complexity index is 411. The van der Waals surface area contributed by atoms with Gasteiger partial charge < -0.3 is 16.4 Å². The number of hydrogen-bond acceptors (Lipinski definition) is 3. The molecule has 0 spiro atoms. The summed E-state index contributed by atoms with van der Waals surface area (Å²) in [6.07, 6.45) is 10.4. The maximum Gasteiger partial charge on any atom is 0.245 e. The van der Waals surface area contributed by atoms with Crippen molar-refractivity contribution in [2.24, 2.45) is 11.7 Å². The third-order valence-corrected chi connectivity index (χ3v) is 5.41. The van der Waals surface area contributed by atoms with Crippen LogP contribution in [0.4, 0.5) is 0 Å². The van der Waals surface area contributed by atoms with Crippen molar-refractivity contribution >= 4 is 24.2 Å². The van der Waals surface area contributed by atoms with E-state index < -0.39 is 5.54 Å². The fraction of sp³-hybridized carbons (Fsp3) is 0.889. The molecular formula is C18H34ClN3O2. The minimum Gasteiger partial charge on any atom is -0.354 e. The highest BCUT2D eigenvalue weighted by Crippen LogP contribution is 2.30. The van der Waals surface area contributed by atoms with Crippen molar-refractivity contribution in [3.63, 3.8) is 0 Å². The van der Waals surface area contributed by atoms with Crippen molar-refractivity contribution in [2.75, 3.05) is 6.54 Å². The summed E-state index contributed by atoms with van der Waals surface area (Å²) in [5.74, 6) is 0.0211. The van der Waals surface area contributed by atoms with Gasteiger partial charge in [0.1, 0.15) is 5.54 Å². The first kappa shape index (κ1) is 21.2. The predicted octanol–water partition coefficient (Wildman–Crippen LogP) is 2.66. The van der Waals surface area contributed by atoms with Gasteiger partial charge in [0.05, 0.1) is 0 Å². The Labute approximate surface area is 152 Å². The van der Waals surface area contributed by atoms with Crippen LogP contribution >= 0.6 is 12.4 Å². The summed E-state index contributed by atoms with van der Waals surface area (Å²) in [4.78, 5) is 25.4. The SMILES string of the molecule is CCCCNC(=O)C1(NC(=O)C2CCCC(N)C2)CCCCC1.Cl. The van der Waals surface area contributed by atoms with Crippen molar-refractivity contribution in [2.45, 2.75) is 89.1 Å². The summed E-state index contributed by atoms with van der Waals surface area (Å²) < 4.78 is 0. The standard InChI is InChI=1S/C18H33N3O2.ClH/c1-2-3-12-20-17(23)18(10-5-4-6-11-18)21-16(22)14-8-7-9-15(19)13-14;/h14-15H,2-13,19H2,1H3,(H,20,23)(H,21,22);1H. The van der Waals surface area contributed by atoms with Crippen LogP contribution in [-0.2, 0) is 9.59 Å². The van der Waals surface area contributed by atoms with Gasteiger partial charge in [0.15, 0.2) is 0 Å². The van der Waals surface area contributed by atoms with E-state index >= 15 is 0 Å². The second kappa shape index (κ2) is 10.2. The summed E-state index contributed by atoms with van der Waals surface area (Å²) in [6, 6.07) is 0.125. The molecular weight excluding hydrogens is 326 g/mol. The minimum absolute atomic E-state index is 0. The number of rotatable bonds is 6. The number of carbonyl (C=O) groups excluding carboxylic acids is 2. The zero-order chi connectivity index (χ0) is 16.7. The Morgan fingerprint density at radius 3 is 2.46 bits per heavy atom. The molecule has 5 nitrogen and oxygen atoms in total. The summed E-state index contributed by atoms with van der Waals surface area (Å²) >= 11 is 0. The number of unbranched alkanes of at least 4 members (excludes halogenated alkanes) is 1. The van der Waals surface area contributed by atoms with Crippen LogP contribution in [0.1, 0.15) is 77.6 Å². The average Bonchev–Trinajstić information content (AvgIpc) is 2.55. The molecule has 2 aliphatic rings. The van der Waals surface area contributed by atoms with E-state index in [0.29, 0.717) is 6.54 Å². The molecule has 0 aliphatic heterocycles. The van der Waals surface area contributed by atoms with Crippen molar-refractivity contribution in [3.8, 4) is 0 Å². The Hall–Kier alpha value is -0.810. The predicted molar refractivity (Wildman–Crippen MR) is 99.1 cm³/mol. The van der Waals surface area contributed by atoms with E-state index in [1.807, 2.05) is 0 Å². The van der Waals surface area contributed by atoms with Crippen LogP contribution in [0.2, 0.25) is 0 Å². The van der Waals surface area contributed by atoms with E-state index in [4.69, 9.17) is 5.73 Å². The Morgan fingerprint density at radius 1 is 1.12 bits per heavy atom.